The van der Waals surface area contributed by atoms with Gasteiger partial charge in [0.05, 0.1) is 0 Å². The number of hydrogen-bond donors (Lipinski definition) is 0. The lowest BCUT2D eigenvalue weighted by Gasteiger charge is -2.18. The van der Waals surface area contributed by atoms with Gasteiger partial charge in [-0.2, -0.15) is 0 Å². The van der Waals surface area contributed by atoms with Crippen molar-refractivity contribution >= 4 is 17.9 Å². The van der Waals surface area contributed by atoms with E-state index in [1.807, 2.05) is 36.5 Å². The molecule has 1 unspecified atom stereocenters. The van der Waals surface area contributed by atoms with Gasteiger partial charge in [-0.3, -0.25) is 14.4 Å². The van der Waals surface area contributed by atoms with Crippen molar-refractivity contribution in [3.8, 4) is 0 Å². The van der Waals surface area contributed by atoms with Crippen molar-refractivity contribution in [1.29, 1.82) is 0 Å². The molecule has 0 fully saturated rings. The number of allylic oxidation sites excluding steroid dienone is 16. The van der Waals surface area contributed by atoms with Gasteiger partial charge in [0.1, 0.15) is 13.2 Å². The van der Waals surface area contributed by atoms with Crippen LogP contribution in [-0.4, -0.2) is 37.2 Å². The monoisotopic (exact) mass is 833 g/mol. The summed E-state index contributed by atoms with van der Waals surface area (Å²) in [5, 5.41) is 0. The Hall–Kier alpha value is -3.67. The van der Waals surface area contributed by atoms with E-state index in [2.05, 4.69) is 81.5 Å². The second-order valence-electron chi connectivity index (χ2n) is 15.8. The normalized spacial score (nSPS) is 12.9. The molecular weight excluding hydrogens is 745 g/mol. The number of hydrogen-bond acceptors (Lipinski definition) is 6. The summed E-state index contributed by atoms with van der Waals surface area (Å²) < 4.78 is 16.7. The fourth-order valence-electron chi connectivity index (χ4n) is 6.27. The summed E-state index contributed by atoms with van der Waals surface area (Å²) in [5.74, 6) is -0.976. The fourth-order valence-corrected chi connectivity index (χ4v) is 6.27. The van der Waals surface area contributed by atoms with Gasteiger partial charge in [0.25, 0.3) is 0 Å². The Balaban J connectivity index is 4.44. The zero-order chi connectivity index (χ0) is 43.7. The van der Waals surface area contributed by atoms with E-state index in [0.29, 0.717) is 19.3 Å². The van der Waals surface area contributed by atoms with Crippen molar-refractivity contribution in [3.63, 3.8) is 0 Å². The Bertz CT molecular complexity index is 1230. The Morgan fingerprint density at radius 2 is 0.750 bits per heavy atom. The van der Waals surface area contributed by atoms with Crippen LogP contribution < -0.4 is 0 Å². The van der Waals surface area contributed by atoms with Gasteiger partial charge in [-0.1, -0.05) is 195 Å². The van der Waals surface area contributed by atoms with Gasteiger partial charge in [0, 0.05) is 19.3 Å². The molecule has 6 heteroatoms. The van der Waals surface area contributed by atoms with Crippen LogP contribution in [0.3, 0.4) is 0 Å². The van der Waals surface area contributed by atoms with Gasteiger partial charge in [0.2, 0.25) is 0 Å². The molecule has 0 N–H and O–H groups in total. The van der Waals surface area contributed by atoms with E-state index < -0.39 is 6.10 Å². The second-order valence-corrected chi connectivity index (χ2v) is 15.8. The van der Waals surface area contributed by atoms with Crippen LogP contribution in [0.4, 0.5) is 0 Å². The third kappa shape index (κ3) is 45.4. The van der Waals surface area contributed by atoms with Gasteiger partial charge in [-0.25, -0.2) is 0 Å². The summed E-state index contributed by atoms with van der Waals surface area (Å²) in [6.07, 6.45) is 62.5. The first-order chi connectivity index (χ1) is 29.5. The van der Waals surface area contributed by atoms with Crippen LogP contribution >= 0.6 is 0 Å². The molecule has 0 aliphatic heterocycles. The molecule has 0 amide bonds. The summed E-state index contributed by atoms with van der Waals surface area (Å²) in [5.41, 5.74) is 0. The molecule has 0 aliphatic rings. The van der Waals surface area contributed by atoms with Crippen LogP contribution in [0.2, 0.25) is 0 Å². The highest BCUT2D eigenvalue weighted by Crippen LogP contribution is 2.13. The van der Waals surface area contributed by atoms with E-state index in [-0.39, 0.29) is 31.1 Å². The lowest BCUT2D eigenvalue weighted by atomic mass is 10.1. The van der Waals surface area contributed by atoms with E-state index >= 15 is 0 Å². The van der Waals surface area contributed by atoms with E-state index in [0.717, 1.165) is 96.3 Å². The lowest BCUT2D eigenvalue weighted by molar-refractivity contribution is -0.167. The first-order valence-corrected chi connectivity index (χ1v) is 24.3. The summed E-state index contributed by atoms with van der Waals surface area (Å²) in [7, 11) is 0. The molecule has 0 rings (SSSR count). The highest BCUT2D eigenvalue weighted by Gasteiger charge is 2.19. The standard InChI is InChI=1S/C54H88O6/c1-4-7-10-13-16-19-21-23-25-26-27-29-30-32-35-38-41-44-47-53(56)59-50-51(49-58-52(55)46-43-40-37-34-18-15-12-9-6-3)60-54(57)48-45-42-39-36-33-31-28-24-22-20-17-14-11-8-5-2/h9-10,12-13,16,18-23,25-27,29,34,51H,4-8,11,14-15,17,24,28,30-33,35-50H2,1-3H3/b12-9-,13-10-,19-16-,22-20-,23-21-,26-25-,29-27-,34-18-. The topological polar surface area (TPSA) is 78.9 Å². The predicted molar refractivity (Wildman–Crippen MR) is 256 cm³/mol. The Kier molecular flexibility index (Phi) is 45.1. The van der Waals surface area contributed by atoms with Crippen molar-refractivity contribution in [3.05, 3.63) is 97.2 Å². The minimum absolute atomic E-state index is 0.104. The number of rotatable bonds is 42. The largest absolute Gasteiger partial charge is 0.462 e. The molecule has 0 spiro atoms. The third-order valence-electron chi connectivity index (χ3n) is 9.90. The van der Waals surface area contributed by atoms with Crippen LogP contribution in [0.25, 0.3) is 0 Å². The van der Waals surface area contributed by atoms with Crippen molar-refractivity contribution in [2.24, 2.45) is 0 Å². The molecule has 340 valence electrons. The Morgan fingerprint density at radius 1 is 0.367 bits per heavy atom. The van der Waals surface area contributed by atoms with Gasteiger partial charge in [0.15, 0.2) is 6.10 Å². The lowest BCUT2D eigenvalue weighted by Crippen LogP contribution is -2.30. The molecule has 0 radical (unpaired) electrons. The van der Waals surface area contributed by atoms with Crippen molar-refractivity contribution in [2.75, 3.05) is 13.2 Å². The number of unbranched alkanes of at least 4 members (excludes halogenated alkanes) is 19. The van der Waals surface area contributed by atoms with Crippen molar-refractivity contribution < 1.29 is 28.6 Å². The molecule has 0 aromatic heterocycles. The zero-order valence-corrected chi connectivity index (χ0v) is 38.7. The summed E-state index contributed by atoms with van der Waals surface area (Å²) >= 11 is 0. The SMILES string of the molecule is CC/C=C\C/C=C\CCCCC(=O)OCC(COC(=O)CCCCCCC\C=C/C=C\C=C/C=C\C=C/CCC)OC(=O)CCCCCCCCC/C=C\CCCCCC. The molecule has 60 heavy (non-hydrogen) atoms. The van der Waals surface area contributed by atoms with Gasteiger partial charge < -0.3 is 14.2 Å². The fraction of sp³-hybridized carbons (Fsp3) is 0.648. The maximum Gasteiger partial charge on any atom is 0.306 e. The number of esters is 3. The molecule has 0 aromatic carbocycles. The van der Waals surface area contributed by atoms with E-state index in [1.54, 1.807) is 0 Å². The first kappa shape index (κ1) is 56.3. The molecule has 0 heterocycles. The van der Waals surface area contributed by atoms with Gasteiger partial charge in [-0.05, 0) is 89.9 Å². The summed E-state index contributed by atoms with van der Waals surface area (Å²) in [6, 6.07) is 0. The maximum absolute atomic E-state index is 12.8. The van der Waals surface area contributed by atoms with Crippen LogP contribution in [-0.2, 0) is 28.6 Å². The Labute approximate surface area is 368 Å². The minimum atomic E-state index is -0.802. The number of carbonyl (C=O) groups excluding carboxylic acids is 3. The van der Waals surface area contributed by atoms with E-state index in [4.69, 9.17) is 14.2 Å². The third-order valence-corrected chi connectivity index (χ3v) is 9.90. The van der Waals surface area contributed by atoms with Crippen LogP contribution in [0.1, 0.15) is 207 Å². The molecule has 0 saturated heterocycles. The van der Waals surface area contributed by atoms with Crippen LogP contribution in [0.5, 0.6) is 0 Å². The average Bonchev–Trinajstić information content (AvgIpc) is 3.24. The van der Waals surface area contributed by atoms with Crippen molar-refractivity contribution in [2.45, 2.75) is 213 Å². The minimum Gasteiger partial charge on any atom is -0.462 e. The average molecular weight is 833 g/mol. The first-order valence-electron chi connectivity index (χ1n) is 24.3. The van der Waals surface area contributed by atoms with E-state index in [1.165, 1.54) is 70.6 Å². The van der Waals surface area contributed by atoms with Crippen molar-refractivity contribution in [1.82, 2.24) is 0 Å². The highest BCUT2D eigenvalue weighted by atomic mass is 16.6. The maximum atomic E-state index is 12.8. The zero-order valence-electron chi connectivity index (χ0n) is 38.7. The van der Waals surface area contributed by atoms with E-state index in [9.17, 15) is 14.4 Å². The second kappa shape index (κ2) is 48.0. The predicted octanol–water partition coefficient (Wildman–Crippen LogP) is 15.8. The molecule has 0 aromatic rings. The smallest absolute Gasteiger partial charge is 0.306 e. The van der Waals surface area contributed by atoms with Gasteiger partial charge >= 0.3 is 17.9 Å². The summed E-state index contributed by atoms with van der Waals surface area (Å²) in [4.78, 5) is 37.8. The molecule has 6 nitrogen and oxygen atoms in total. The summed E-state index contributed by atoms with van der Waals surface area (Å²) in [6.45, 7) is 6.34. The molecule has 0 bridgehead atoms. The van der Waals surface area contributed by atoms with Gasteiger partial charge in [-0.15, -0.1) is 0 Å². The highest BCUT2D eigenvalue weighted by molar-refractivity contribution is 5.71. The number of ether oxygens (including phenoxy) is 3. The molecule has 0 aliphatic carbocycles. The molecular formula is C54H88O6. The Morgan fingerprint density at radius 3 is 1.27 bits per heavy atom. The quantitative estimate of drug-likeness (QED) is 0.0200. The van der Waals surface area contributed by atoms with Crippen LogP contribution in [0.15, 0.2) is 97.2 Å². The number of carbonyl (C=O) groups is 3. The van der Waals surface area contributed by atoms with Crippen LogP contribution in [0, 0.1) is 0 Å². The molecule has 1 atom stereocenters. The molecule has 0 saturated carbocycles.